The molecule has 2 aromatic rings. The topological polar surface area (TPSA) is 49.1 Å². The van der Waals surface area contributed by atoms with Gasteiger partial charge in [-0.05, 0) is 24.3 Å². The van der Waals surface area contributed by atoms with Crippen LogP contribution in [0.1, 0.15) is 16.1 Å². The van der Waals surface area contributed by atoms with E-state index >= 15 is 0 Å². The highest BCUT2D eigenvalue weighted by atomic mass is 16.3. The summed E-state index contributed by atoms with van der Waals surface area (Å²) in [5.41, 5.74) is 1.62. The number of anilines is 1. The molecule has 3 heterocycles. The van der Waals surface area contributed by atoms with Crippen LogP contribution in [0.2, 0.25) is 0 Å². The molecule has 0 saturated carbocycles. The van der Waals surface area contributed by atoms with Gasteiger partial charge in [-0.1, -0.05) is 12.1 Å². The third kappa shape index (κ3) is 1.56. The second-order valence-corrected chi connectivity index (χ2v) is 4.82. The molecule has 1 amide bonds. The van der Waals surface area contributed by atoms with Crippen LogP contribution in [0.4, 0.5) is 5.69 Å². The molecular weight excluding hydrogens is 254 g/mol. The molecule has 0 unspecified atom stereocenters. The van der Waals surface area contributed by atoms with Gasteiger partial charge in [-0.15, -0.1) is 0 Å². The van der Waals surface area contributed by atoms with E-state index in [1.807, 2.05) is 41.3 Å². The molecule has 5 heteroatoms. The molecular formula is C15H13N3O2. The Balaban J connectivity index is 1.82. The number of amides is 1. The van der Waals surface area contributed by atoms with Crippen molar-refractivity contribution in [3.05, 3.63) is 54.0 Å². The monoisotopic (exact) mass is 267 g/mol. The van der Waals surface area contributed by atoms with Crippen molar-refractivity contribution >= 4 is 17.6 Å². The SMILES string of the molecule is O=C1c2ccccc2N(Cc2ccco2)C2=NCCN12. The van der Waals surface area contributed by atoms with Gasteiger partial charge < -0.3 is 9.32 Å². The van der Waals surface area contributed by atoms with Crippen LogP contribution in [-0.2, 0) is 6.54 Å². The van der Waals surface area contributed by atoms with E-state index in [0.29, 0.717) is 19.6 Å². The minimum Gasteiger partial charge on any atom is -0.467 e. The first-order valence-corrected chi connectivity index (χ1v) is 6.60. The van der Waals surface area contributed by atoms with Crippen LogP contribution in [0.15, 0.2) is 52.1 Å². The lowest BCUT2D eigenvalue weighted by Crippen LogP contribution is -2.49. The fraction of sp³-hybridized carbons (Fsp3) is 0.200. The summed E-state index contributed by atoms with van der Waals surface area (Å²) in [5.74, 6) is 1.61. The summed E-state index contributed by atoms with van der Waals surface area (Å²) in [6.45, 7) is 1.88. The number of rotatable bonds is 2. The van der Waals surface area contributed by atoms with E-state index < -0.39 is 0 Å². The smallest absolute Gasteiger partial charge is 0.262 e. The van der Waals surface area contributed by atoms with E-state index in [-0.39, 0.29) is 5.91 Å². The Hall–Kier alpha value is -2.56. The lowest BCUT2D eigenvalue weighted by atomic mass is 10.1. The minimum absolute atomic E-state index is 0.0348. The van der Waals surface area contributed by atoms with E-state index in [9.17, 15) is 4.79 Å². The molecule has 0 aliphatic carbocycles. The number of hydrogen-bond acceptors (Lipinski definition) is 4. The first kappa shape index (κ1) is 11.3. The van der Waals surface area contributed by atoms with E-state index in [1.165, 1.54) is 0 Å². The van der Waals surface area contributed by atoms with Crippen molar-refractivity contribution < 1.29 is 9.21 Å². The Morgan fingerprint density at radius 2 is 2.10 bits per heavy atom. The van der Waals surface area contributed by atoms with Crippen LogP contribution in [0.25, 0.3) is 0 Å². The van der Waals surface area contributed by atoms with Gasteiger partial charge in [-0.25, -0.2) is 0 Å². The number of benzene rings is 1. The highest BCUT2D eigenvalue weighted by Gasteiger charge is 2.37. The molecule has 100 valence electrons. The Morgan fingerprint density at radius 3 is 2.95 bits per heavy atom. The number of guanidine groups is 1. The Morgan fingerprint density at radius 1 is 1.20 bits per heavy atom. The second kappa shape index (κ2) is 4.23. The number of nitrogens with zero attached hydrogens (tertiary/aromatic N) is 3. The number of furan rings is 1. The van der Waals surface area contributed by atoms with Crippen LogP contribution in [0.3, 0.4) is 0 Å². The molecule has 0 saturated heterocycles. The molecule has 0 spiro atoms. The molecule has 0 atom stereocenters. The van der Waals surface area contributed by atoms with Gasteiger partial charge in [0, 0.05) is 6.54 Å². The zero-order chi connectivity index (χ0) is 13.5. The summed E-state index contributed by atoms with van der Waals surface area (Å²) in [4.78, 5) is 20.7. The second-order valence-electron chi connectivity index (χ2n) is 4.82. The predicted octanol–water partition coefficient (Wildman–Crippen LogP) is 2.11. The number of carbonyl (C=O) groups excluding carboxylic acids is 1. The molecule has 1 aromatic carbocycles. The van der Waals surface area contributed by atoms with Gasteiger partial charge in [0.05, 0.1) is 30.6 Å². The van der Waals surface area contributed by atoms with E-state index in [2.05, 4.69) is 4.99 Å². The quantitative estimate of drug-likeness (QED) is 0.837. The highest BCUT2D eigenvalue weighted by Crippen LogP contribution is 2.31. The Labute approximate surface area is 116 Å². The van der Waals surface area contributed by atoms with Crippen molar-refractivity contribution in [2.45, 2.75) is 6.54 Å². The van der Waals surface area contributed by atoms with Crippen molar-refractivity contribution in [3.63, 3.8) is 0 Å². The fourth-order valence-electron chi connectivity index (χ4n) is 2.72. The number of hydrogen-bond donors (Lipinski definition) is 0. The van der Waals surface area contributed by atoms with Crippen molar-refractivity contribution in [3.8, 4) is 0 Å². The van der Waals surface area contributed by atoms with Crippen LogP contribution < -0.4 is 4.90 Å². The zero-order valence-electron chi connectivity index (χ0n) is 10.8. The molecule has 5 nitrogen and oxygen atoms in total. The minimum atomic E-state index is 0.0348. The fourth-order valence-corrected chi connectivity index (χ4v) is 2.72. The van der Waals surface area contributed by atoms with Crippen LogP contribution >= 0.6 is 0 Å². The normalized spacial score (nSPS) is 17.0. The van der Waals surface area contributed by atoms with Gasteiger partial charge in [0.25, 0.3) is 5.91 Å². The molecule has 2 aliphatic heterocycles. The summed E-state index contributed by atoms with van der Waals surface area (Å²) < 4.78 is 5.43. The summed E-state index contributed by atoms with van der Waals surface area (Å²) in [6, 6.07) is 11.4. The summed E-state index contributed by atoms with van der Waals surface area (Å²) in [6.07, 6.45) is 1.66. The van der Waals surface area contributed by atoms with E-state index in [0.717, 1.165) is 23.0 Å². The first-order chi connectivity index (χ1) is 9.84. The molecule has 2 aliphatic rings. The maximum absolute atomic E-state index is 12.4. The number of aliphatic imine (C=N–C) groups is 1. The molecule has 0 radical (unpaired) electrons. The van der Waals surface area contributed by atoms with Gasteiger partial charge in [0.15, 0.2) is 0 Å². The van der Waals surface area contributed by atoms with Crippen LogP contribution in [0, 0.1) is 0 Å². The highest BCUT2D eigenvalue weighted by molar-refractivity contribution is 6.19. The summed E-state index contributed by atoms with van der Waals surface area (Å²) >= 11 is 0. The maximum atomic E-state index is 12.4. The van der Waals surface area contributed by atoms with Gasteiger partial charge in [0.1, 0.15) is 5.76 Å². The van der Waals surface area contributed by atoms with Crippen molar-refractivity contribution in [2.75, 3.05) is 18.0 Å². The largest absolute Gasteiger partial charge is 0.467 e. The number of fused-ring (bicyclic) bond motifs is 2. The summed E-state index contributed by atoms with van der Waals surface area (Å²) in [5, 5.41) is 0. The summed E-state index contributed by atoms with van der Waals surface area (Å²) in [7, 11) is 0. The van der Waals surface area contributed by atoms with E-state index in [4.69, 9.17) is 4.42 Å². The number of carbonyl (C=O) groups is 1. The van der Waals surface area contributed by atoms with Crippen LogP contribution in [-0.4, -0.2) is 29.9 Å². The first-order valence-electron chi connectivity index (χ1n) is 6.60. The third-order valence-corrected chi connectivity index (χ3v) is 3.62. The van der Waals surface area contributed by atoms with Gasteiger partial charge in [-0.2, -0.15) is 0 Å². The number of para-hydroxylation sites is 1. The van der Waals surface area contributed by atoms with Crippen molar-refractivity contribution in [1.29, 1.82) is 0 Å². The lowest BCUT2D eigenvalue weighted by Gasteiger charge is -2.35. The average molecular weight is 267 g/mol. The average Bonchev–Trinajstić information content (AvgIpc) is 3.14. The maximum Gasteiger partial charge on any atom is 0.262 e. The van der Waals surface area contributed by atoms with E-state index in [1.54, 1.807) is 11.2 Å². The molecule has 0 bridgehead atoms. The predicted molar refractivity (Wildman–Crippen MR) is 74.7 cm³/mol. The van der Waals surface area contributed by atoms with Crippen LogP contribution in [0.5, 0.6) is 0 Å². The molecule has 1 aromatic heterocycles. The lowest BCUT2D eigenvalue weighted by molar-refractivity contribution is 0.0851. The third-order valence-electron chi connectivity index (χ3n) is 3.62. The van der Waals surface area contributed by atoms with Gasteiger partial charge in [0.2, 0.25) is 5.96 Å². The molecule has 0 N–H and O–H groups in total. The molecule has 0 fully saturated rings. The van der Waals surface area contributed by atoms with Crippen molar-refractivity contribution in [1.82, 2.24) is 4.90 Å². The van der Waals surface area contributed by atoms with Gasteiger partial charge >= 0.3 is 0 Å². The van der Waals surface area contributed by atoms with Crippen molar-refractivity contribution in [2.24, 2.45) is 4.99 Å². The molecule has 20 heavy (non-hydrogen) atoms. The van der Waals surface area contributed by atoms with Gasteiger partial charge in [-0.3, -0.25) is 14.7 Å². The zero-order valence-corrected chi connectivity index (χ0v) is 10.8. The molecule has 4 rings (SSSR count). The standard InChI is InChI=1S/C15H13N3O2/c19-14-12-5-1-2-6-13(12)18(10-11-4-3-9-20-11)15-16-7-8-17(14)15/h1-6,9H,7-8,10H2. The Kier molecular flexibility index (Phi) is 2.39. The Bertz CT molecular complexity index is 691.